The summed E-state index contributed by atoms with van der Waals surface area (Å²) in [7, 11) is 0. The Balaban J connectivity index is 1.94. The number of nitrogens with zero attached hydrogens (tertiary/aromatic N) is 2. The SMILES string of the molecule is CCOC(=O)[C@@H]1C(=O)NC(N2CCCCC2)=N[C@H]1c1ccccc1. The molecule has 0 spiro atoms. The smallest absolute Gasteiger partial charge is 0.321 e. The molecule has 0 aromatic heterocycles. The van der Waals surface area contributed by atoms with Crippen LogP contribution in [0.25, 0.3) is 0 Å². The lowest BCUT2D eigenvalue weighted by Crippen LogP contribution is -2.53. The van der Waals surface area contributed by atoms with Gasteiger partial charge in [0.05, 0.1) is 6.61 Å². The van der Waals surface area contributed by atoms with Gasteiger partial charge in [0.1, 0.15) is 6.04 Å². The van der Waals surface area contributed by atoms with Crippen LogP contribution in [0.15, 0.2) is 35.3 Å². The summed E-state index contributed by atoms with van der Waals surface area (Å²) in [6, 6.07) is 8.93. The molecule has 0 aliphatic carbocycles. The van der Waals surface area contributed by atoms with Gasteiger partial charge in [0.25, 0.3) is 0 Å². The van der Waals surface area contributed by atoms with E-state index in [0.29, 0.717) is 5.96 Å². The molecule has 0 bridgehead atoms. The van der Waals surface area contributed by atoms with Gasteiger partial charge in [-0.2, -0.15) is 0 Å². The monoisotopic (exact) mass is 329 g/mol. The fraction of sp³-hybridized carbons (Fsp3) is 0.500. The number of carbonyl (C=O) groups is 2. The van der Waals surface area contributed by atoms with Crippen LogP contribution < -0.4 is 5.32 Å². The molecule has 1 aromatic rings. The molecule has 2 aliphatic heterocycles. The van der Waals surface area contributed by atoms with Crippen molar-refractivity contribution in [3.63, 3.8) is 0 Å². The second-order valence-corrected chi connectivity index (χ2v) is 6.07. The van der Waals surface area contributed by atoms with Crippen molar-refractivity contribution in [1.82, 2.24) is 10.2 Å². The maximum atomic E-state index is 12.6. The van der Waals surface area contributed by atoms with Crippen LogP contribution in [-0.4, -0.2) is 42.4 Å². The number of hydrogen-bond donors (Lipinski definition) is 1. The molecular formula is C18H23N3O3. The average molecular weight is 329 g/mol. The van der Waals surface area contributed by atoms with Gasteiger partial charge in [-0.05, 0) is 31.7 Å². The van der Waals surface area contributed by atoms with E-state index < -0.39 is 17.9 Å². The van der Waals surface area contributed by atoms with Gasteiger partial charge in [0.15, 0.2) is 5.92 Å². The molecule has 1 N–H and O–H groups in total. The molecule has 0 saturated carbocycles. The Bertz CT molecular complexity index is 624. The third-order valence-corrected chi connectivity index (χ3v) is 4.43. The Kier molecular flexibility index (Phi) is 5.13. The van der Waals surface area contributed by atoms with Crippen molar-refractivity contribution < 1.29 is 14.3 Å². The highest BCUT2D eigenvalue weighted by molar-refractivity contribution is 6.08. The molecule has 1 saturated heterocycles. The number of likely N-dealkylation sites (tertiary alicyclic amines) is 1. The van der Waals surface area contributed by atoms with E-state index in [1.165, 1.54) is 6.42 Å². The molecule has 2 atom stereocenters. The van der Waals surface area contributed by atoms with E-state index in [9.17, 15) is 9.59 Å². The number of nitrogens with one attached hydrogen (secondary N) is 1. The van der Waals surface area contributed by atoms with E-state index >= 15 is 0 Å². The highest BCUT2D eigenvalue weighted by Crippen LogP contribution is 2.31. The third-order valence-electron chi connectivity index (χ3n) is 4.43. The van der Waals surface area contributed by atoms with Crippen LogP contribution in [0.5, 0.6) is 0 Å². The minimum atomic E-state index is -0.944. The minimum Gasteiger partial charge on any atom is -0.465 e. The number of hydrogen-bond acceptors (Lipinski definition) is 5. The average Bonchev–Trinajstić information content (AvgIpc) is 2.62. The molecule has 2 heterocycles. The standard InChI is InChI=1S/C18H23N3O3/c1-2-24-17(23)14-15(13-9-5-3-6-10-13)19-18(20-16(14)22)21-11-7-4-8-12-21/h3,5-6,9-10,14-15H,2,4,7-8,11-12H2,1H3,(H,19,20,22)/t14-,15-/m0/s1. The van der Waals surface area contributed by atoms with Gasteiger partial charge in [-0.1, -0.05) is 30.3 Å². The predicted octanol–water partition coefficient (Wildman–Crippen LogP) is 1.88. The lowest BCUT2D eigenvalue weighted by atomic mass is 9.91. The molecule has 1 fully saturated rings. The maximum absolute atomic E-state index is 12.6. The lowest BCUT2D eigenvalue weighted by molar-refractivity contribution is -0.153. The van der Waals surface area contributed by atoms with E-state index in [2.05, 4.69) is 10.2 Å². The molecular weight excluding hydrogens is 306 g/mol. The maximum Gasteiger partial charge on any atom is 0.321 e. The predicted molar refractivity (Wildman–Crippen MR) is 90.3 cm³/mol. The zero-order chi connectivity index (χ0) is 16.9. The van der Waals surface area contributed by atoms with Gasteiger partial charge >= 0.3 is 5.97 Å². The van der Waals surface area contributed by atoms with Crippen LogP contribution in [0.1, 0.15) is 37.8 Å². The molecule has 6 nitrogen and oxygen atoms in total. The Morgan fingerprint density at radius 2 is 1.96 bits per heavy atom. The summed E-state index contributed by atoms with van der Waals surface area (Å²) in [6.07, 6.45) is 3.38. The highest BCUT2D eigenvalue weighted by Gasteiger charge is 2.41. The quantitative estimate of drug-likeness (QED) is 0.679. The summed E-state index contributed by atoms with van der Waals surface area (Å²) in [5.74, 6) is -1.22. The second-order valence-electron chi connectivity index (χ2n) is 6.07. The second kappa shape index (κ2) is 7.47. The van der Waals surface area contributed by atoms with Crippen LogP contribution in [0.4, 0.5) is 0 Å². The molecule has 24 heavy (non-hydrogen) atoms. The van der Waals surface area contributed by atoms with Crippen molar-refractivity contribution in [1.29, 1.82) is 0 Å². The minimum absolute atomic E-state index is 0.243. The molecule has 128 valence electrons. The Morgan fingerprint density at radius 3 is 2.62 bits per heavy atom. The highest BCUT2D eigenvalue weighted by atomic mass is 16.5. The van der Waals surface area contributed by atoms with Crippen molar-refractivity contribution in [3.8, 4) is 0 Å². The van der Waals surface area contributed by atoms with Crippen molar-refractivity contribution in [2.75, 3.05) is 19.7 Å². The van der Waals surface area contributed by atoms with Crippen molar-refractivity contribution >= 4 is 17.8 Å². The number of piperidine rings is 1. The third kappa shape index (κ3) is 3.42. The first-order valence-electron chi connectivity index (χ1n) is 8.56. The van der Waals surface area contributed by atoms with Crippen LogP contribution in [-0.2, 0) is 14.3 Å². The zero-order valence-corrected chi connectivity index (χ0v) is 13.9. The molecule has 2 aliphatic rings. The van der Waals surface area contributed by atoms with Gasteiger partial charge in [-0.15, -0.1) is 0 Å². The van der Waals surface area contributed by atoms with E-state index in [4.69, 9.17) is 9.73 Å². The number of guanidine groups is 1. The fourth-order valence-electron chi connectivity index (χ4n) is 3.22. The summed E-state index contributed by atoms with van der Waals surface area (Å²) in [4.78, 5) is 31.8. The van der Waals surface area contributed by atoms with Gasteiger partial charge in [0, 0.05) is 13.1 Å². The van der Waals surface area contributed by atoms with E-state index in [0.717, 1.165) is 31.5 Å². The van der Waals surface area contributed by atoms with Crippen LogP contribution in [0.2, 0.25) is 0 Å². The number of carbonyl (C=O) groups excluding carboxylic acids is 2. The van der Waals surface area contributed by atoms with E-state index in [-0.39, 0.29) is 12.5 Å². The molecule has 0 radical (unpaired) electrons. The first-order valence-corrected chi connectivity index (χ1v) is 8.56. The van der Waals surface area contributed by atoms with Gasteiger partial charge in [0.2, 0.25) is 11.9 Å². The largest absolute Gasteiger partial charge is 0.465 e. The molecule has 3 rings (SSSR count). The zero-order valence-electron chi connectivity index (χ0n) is 13.9. The van der Waals surface area contributed by atoms with Crippen LogP contribution in [0, 0.1) is 5.92 Å². The summed E-state index contributed by atoms with van der Waals surface area (Å²) in [5, 5.41) is 2.81. The Morgan fingerprint density at radius 1 is 1.25 bits per heavy atom. The number of esters is 1. The first-order chi connectivity index (χ1) is 11.7. The first kappa shape index (κ1) is 16.5. The lowest BCUT2D eigenvalue weighted by Gasteiger charge is -2.35. The Labute approximate surface area is 141 Å². The number of aliphatic imine (C=N–C) groups is 1. The summed E-state index contributed by atoms with van der Waals surface area (Å²) in [6.45, 7) is 3.74. The summed E-state index contributed by atoms with van der Waals surface area (Å²) >= 11 is 0. The Hall–Kier alpha value is -2.37. The number of benzene rings is 1. The van der Waals surface area contributed by atoms with Crippen LogP contribution >= 0.6 is 0 Å². The molecule has 1 amide bonds. The number of ether oxygens (including phenoxy) is 1. The topological polar surface area (TPSA) is 71.0 Å². The summed E-state index contributed by atoms with van der Waals surface area (Å²) < 4.78 is 5.10. The van der Waals surface area contributed by atoms with E-state index in [1.54, 1.807) is 6.92 Å². The van der Waals surface area contributed by atoms with Gasteiger partial charge in [-0.25, -0.2) is 4.99 Å². The van der Waals surface area contributed by atoms with E-state index in [1.807, 2.05) is 30.3 Å². The van der Waals surface area contributed by atoms with Gasteiger partial charge in [-0.3, -0.25) is 14.9 Å². The molecule has 0 unspecified atom stereocenters. The normalized spacial score (nSPS) is 24.1. The number of amides is 1. The molecule has 1 aromatic carbocycles. The summed E-state index contributed by atoms with van der Waals surface area (Å²) in [5.41, 5.74) is 0.847. The fourth-order valence-corrected chi connectivity index (χ4v) is 3.22. The van der Waals surface area contributed by atoms with Crippen LogP contribution in [0.3, 0.4) is 0 Å². The van der Waals surface area contributed by atoms with Crippen molar-refractivity contribution in [2.24, 2.45) is 10.9 Å². The van der Waals surface area contributed by atoms with Crippen molar-refractivity contribution in [2.45, 2.75) is 32.2 Å². The van der Waals surface area contributed by atoms with Gasteiger partial charge < -0.3 is 9.64 Å². The van der Waals surface area contributed by atoms with Crippen molar-refractivity contribution in [3.05, 3.63) is 35.9 Å². The number of rotatable bonds is 3. The molecule has 6 heteroatoms.